The molecule has 2 amide bonds. The van der Waals surface area contributed by atoms with Crippen molar-refractivity contribution in [3.05, 3.63) is 88.5 Å². The third kappa shape index (κ3) is 2.73. The molecule has 3 aromatic rings. The number of rotatable bonds is 4. The number of carbonyl (C=O) groups is 3. The Balaban J connectivity index is 1.58. The van der Waals surface area contributed by atoms with Gasteiger partial charge in [0, 0.05) is 23.0 Å². The van der Waals surface area contributed by atoms with Gasteiger partial charge in [-0.05, 0) is 75.0 Å². The number of para-hydroxylation sites is 2. The van der Waals surface area contributed by atoms with Gasteiger partial charge < -0.3 is 15.4 Å². The van der Waals surface area contributed by atoms with Gasteiger partial charge in [-0.15, -0.1) is 0 Å². The predicted molar refractivity (Wildman–Crippen MR) is 148 cm³/mol. The minimum absolute atomic E-state index is 0.162. The molecule has 0 bridgehead atoms. The second-order valence-corrected chi connectivity index (χ2v) is 11.1. The molecule has 2 fully saturated rings. The van der Waals surface area contributed by atoms with Gasteiger partial charge >= 0.3 is 0 Å². The van der Waals surface area contributed by atoms with Gasteiger partial charge in [0.1, 0.15) is 16.7 Å². The summed E-state index contributed by atoms with van der Waals surface area (Å²) in [7, 11) is 0. The summed E-state index contributed by atoms with van der Waals surface area (Å²) in [6.07, 6.45) is 1.57. The summed E-state index contributed by atoms with van der Waals surface area (Å²) < 4.78 is 5.89. The molecule has 0 saturated carbocycles. The lowest BCUT2D eigenvalue weighted by atomic mass is 9.57. The van der Waals surface area contributed by atoms with E-state index in [4.69, 9.17) is 4.74 Å². The molecule has 7 rings (SSSR count). The van der Waals surface area contributed by atoms with Crippen LogP contribution in [0.3, 0.4) is 0 Å². The van der Waals surface area contributed by atoms with E-state index < -0.39 is 16.9 Å². The summed E-state index contributed by atoms with van der Waals surface area (Å²) in [6.45, 7) is 6.94. The number of aryl methyl sites for hydroxylation is 1. The summed E-state index contributed by atoms with van der Waals surface area (Å²) in [6, 6.07) is 18.5. The van der Waals surface area contributed by atoms with Gasteiger partial charge in [-0.2, -0.15) is 0 Å². The number of carbonyl (C=O) groups excluding carboxylic acids is 3. The second kappa shape index (κ2) is 8.26. The van der Waals surface area contributed by atoms with Crippen LogP contribution in [0.1, 0.15) is 52.4 Å². The Morgan fingerprint density at radius 2 is 1.74 bits per heavy atom. The topological polar surface area (TPSA) is 87.7 Å². The van der Waals surface area contributed by atoms with E-state index in [-0.39, 0.29) is 23.6 Å². The molecule has 7 nitrogen and oxygen atoms in total. The Morgan fingerprint density at radius 3 is 2.56 bits per heavy atom. The van der Waals surface area contributed by atoms with Crippen LogP contribution < -0.4 is 15.4 Å². The highest BCUT2D eigenvalue weighted by molar-refractivity contribution is 6.21. The van der Waals surface area contributed by atoms with E-state index in [0.29, 0.717) is 35.7 Å². The molecule has 4 aliphatic rings. The van der Waals surface area contributed by atoms with Gasteiger partial charge in [0.2, 0.25) is 5.91 Å². The standard InChI is InChI=1S/C32H31N3O4/c1-4-39-25-14-8-5-10-20(25)28(36)26-24-13-9-17-35(24)32(22-16-15-18(2)19(3)27(22)34-30(32)38)31(26)21-11-6-7-12-23(21)33-29(31)37/h5-8,10-12,14-16,24,26H,4,9,13,17H2,1-3H3,(H,33,37)(H,34,38)/t24-,26-,31-,32-/m0/s1. The normalized spacial score (nSPS) is 28.4. The Bertz CT molecular complexity index is 1580. The maximum atomic E-state index is 14.9. The van der Waals surface area contributed by atoms with Crippen LogP contribution >= 0.6 is 0 Å². The van der Waals surface area contributed by atoms with Crippen molar-refractivity contribution in [3.63, 3.8) is 0 Å². The summed E-state index contributed by atoms with van der Waals surface area (Å²) in [5, 5.41) is 6.28. The number of nitrogens with one attached hydrogen (secondary N) is 2. The fourth-order valence-electron chi connectivity index (χ4n) is 8.01. The lowest BCUT2D eigenvalue weighted by molar-refractivity contribution is -0.137. The Kier molecular flexibility index (Phi) is 5.11. The number of amides is 2. The maximum absolute atomic E-state index is 14.9. The first kappa shape index (κ1) is 24.1. The van der Waals surface area contributed by atoms with E-state index in [1.165, 1.54) is 0 Å². The van der Waals surface area contributed by atoms with Gasteiger partial charge in [0.05, 0.1) is 18.1 Å². The minimum atomic E-state index is -1.46. The quantitative estimate of drug-likeness (QED) is 0.486. The molecule has 2 N–H and O–H groups in total. The number of anilines is 2. The summed E-state index contributed by atoms with van der Waals surface area (Å²) >= 11 is 0. The largest absolute Gasteiger partial charge is 0.493 e. The molecule has 4 aliphatic heterocycles. The summed E-state index contributed by atoms with van der Waals surface area (Å²) in [4.78, 5) is 46.2. The zero-order valence-electron chi connectivity index (χ0n) is 22.3. The molecule has 2 spiro atoms. The average molecular weight is 522 g/mol. The average Bonchev–Trinajstić information content (AvgIpc) is 3.65. The van der Waals surface area contributed by atoms with Crippen molar-refractivity contribution in [2.75, 3.05) is 23.8 Å². The lowest BCUT2D eigenvalue weighted by Gasteiger charge is -2.43. The number of nitrogens with zero attached hydrogens (tertiary/aromatic N) is 1. The molecule has 2 saturated heterocycles. The Morgan fingerprint density at radius 1 is 0.974 bits per heavy atom. The van der Waals surface area contributed by atoms with Crippen LogP contribution in [0.2, 0.25) is 0 Å². The fraction of sp³-hybridized carbons (Fsp3) is 0.344. The van der Waals surface area contributed by atoms with E-state index in [9.17, 15) is 14.4 Å². The van der Waals surface area contributed by atoms with Crippen LogP contribution in [0.5, 0.6) is 5.75 Å². The number of hydrogen-bond donors (Lipinski definition) is 2. The first-order valence-corrected chi connectivity index (χ1v) is 13.7. The van der Waals surface area contributed by atoms with Crippen LogP contribution in [-0.2, 0) is 20.5 Å². The molecular formula is C32H31N3O4. The zero-order valence-corrected chi connectivity index (χ0v) is 22.3. The van der Waals surface area contributed by atoms with Crippen molar-refractivity contribution in [1.82, 2.24) is 4.90 Å². The molecule has 198 valence electrons. The highest BCUT2D eigenvalue weighted by Gasteiger charge is 2.81. The number of Topliss-reactive ketones (excluding diaryl/α,β-unsaturated/α-hetero) is 1. The first-order valence-electron chi connectivity index (χ1n) is 13.7. The monoisotopic (exact) mass is 521 g/mol. The number of ether oxygens (including phenoxy) is 1. The van der Waals surface area contributed by atoms with E-state index in [1.807, 2.05) is 69.3 Å². The van der Waals surface area contributed by atoms with Crippen LogP contribution in [-0.4, -0.2) is 41.7 Å². The summed E-state index contributed by atoms with van der Waals surface area (Å²) in [5.41, 5.74) is 2.57. The van der Waals surface area contributed by atoms with Gasteiger partial charge in [-0.25, -0.2) is 0 Å². The Hall–Kier alpha value is -3.97. The molecule has 0 radical (unpaired) electrons. The molecule has 4 heterocycles. The highest BCUT2D eigenvalue weighted by atomic mass is 16.5. The van der Waals surface area contributed by atoms with E-state index in [1.54, 1.807) is 12.1 Å². The van der Waals surface area contributed by atoms with Gasteiger partial charge in [-0.3, -0.25) is 19.3 Å². The molecule has 3 aromatic carbocycles. The lowest BCUT2D eigenvalue weighted by Crippen LogP contribution is -2.62. The van der Waals surface area contributed by atoms with Gasteiger partial charge in [-0.1, -0.05) is 42.5 Å². The van der Waals surface area contributed by atoms with Crippen molar-refractivity contribution in [3.8, 4) is 5.75 Å². The highest BCUT2D eigenvalue weighted by Crippen LogP contribution is 2.68. The predicted octanol–water partition coefficient (Wildman–Crippen LogP) is 4.72. The van der Waals surface area contributed by atoms with Crippen LogP contribution in [0.4, 0.5) is 11.4 Å². The van der Waals surface area contributed by atoms with Crippen LogP contribution in [0.15, 0.2) is 60.7 Å². The fourth-order valence-corrected chi connectivity index (χ4v) is 8.01. The molecule has 39 heavy (non-hydrogen) atoms. The van der Waals surface area contributed by atoms with Crippen molar-refractivity contribution in [1.29, 1.82) is 0 Å². The first-order chi connectivity index (χ1) is 18.9. The smallest absolute Gasteiger partial charge is 0.251 e. The van der Waals surface area contributed by atoms with Gasteiger partial charge in [0.25, 0.3) is 5.91 Å². The summed E-state index contributed by atoms with van der Waals surface area (Å²) in [5.74, 6) is -0.988. The number of fused-ring (bicyclic) bond motifs is 7. The van der Waals surface area contributed by atoms with Crippen molar-refractivity contribution >= 4 is 29.0 Å². The van der Waals surface area contributed by atoms with E-state index >= 15 is 0 Å². The molecule has 0 unspecified atom stereocenters. The molecule has 0 aliphatic carbocycles. The van der Waals surface area contributed by atoms with Crippen LogP contribution in [0, 0.1) is 19.8 Å². The van der Waals surface area contributed by atoms with Crippen molar-refractivity contribution in [2.24, 2.45) is 5.92 Å². The maximum Gasteiger partial charge on any atom is 0.251 e. The van der Waals surface area contributed by atoms with E-state index in [2.05, 4.69) is 15.5 Å². The third-order valence-corrected chi connectivity index (χ3v) is 9.54. The Labute approximate surface area is 227 Å². The second-order valence-electron chi connectivity index (χ2n) is 11.1. The molecule has 7 heteroatoms. The zero-order chi connectivity index (χ0) is 27.1. The van der Waals surface area contributed by atoms with Gasteiger partial charge in [0.15, 0.2) is 5.78 Å². The number of ketones is 1. The van der Waals surface area contributed by atoms with Crippen LogP contribution in [0.25, 0.3) is 0 Å². The van der Waals surface area contributed by atoms with Crippen molar-refractivity contribution < 1.29 is 19.1 Å². The minimum Gasteiger partial charge on any atom is -0.493 e. The number of benzene rings is 3. The molecular weight excluding hydrogens is 490 g/mol. The molecule has 0 aromatic heterocycles. The van der Waals surface area contributed by atoms with Crippen molar-refractivity contribution in [2.45, 2.75) is 50.6 Å². The number of hydrogen-bond acceptors (Lipinski definition) is 5. The molecule has 4 atom stereocenters. The SMILES string of the molecule is CCOc1ccccc1C(=O)[C@@H]1[C@@H]2CCCN2[C@@]2(C(=O)Nc3c2ccc(C)c3C)[C@]12C(=O)Nc1ccccc12. The van der Waals surface area contributed by atoms with E-state index in [0.717, 1.165) is 35.2 Å². The third-order valence-electron chi connectivity index (χ3n) is 9.54.